The molecule has 4 heteroatoms. The third kappa shape index (κ3) is 1.86. The number of anilines is 1. The van der Waals surface area contributed by atoms with Crippen LogP contribution in [0.2, 0.25) is 0 Å². The molecule has 4 nitrogen and oxygen atoms in total. The van der Waals surface area contributed by atoms with Crippen molar-refractivity contribution in [3.05, 3.63) is 29.8 Å². The maximum atomic E-state index is 11.7. The van der Waals surface area contributed by atoms with Gasteiger partial charge in [-0.2, -0.15) is 0 Å². The Hall–Kier alpha value is -1.55. The first kappa shape index (κ1) is 11.5. The highest BCUT2D eigenvalue weighted by Gasteiger charge is 2.53. The van der Waals surface area contributed by atoms with Gasteiger partial charge in [0.2, 0.25) is 0 Å². The number of rotatable bonds is 3. The zero-order valence-electron chi connectivity index (χ0n) is 10.5. The third-order valence-electron chi connectivity index (χ3n) is 3.98. The quantitative estimate of drug-likeness (QED) is 0.816. The number of ether oxygens (including phenoxy) is 1. The van der Waals surface area contributed by atoms with Crippen molar-refractivity contribution in [2.24, 2.45) is 17.6 Å². The van der Waals surface area contributed by atoms with Crippen LogP contribution >= 0.6 is 0 Å². The van der Waals surface area contributed by atoms with Crippen LogP contribution in [0.4, 0.5) is 5.69 Å². The minimum absolute atomic E-state index is 0.250. The van der Waals surface area contributed by atoms with E-state index in [-0.39, 0.29) is 5.97 Å². The fraction of sp³-hybridized carbons (Fsp3) is 0.500. The van der Waals surface area contributed by atoms with Crippen molar-refractivity contribution in [3.63, 3.8) is 0 Å². The average Bonchev–Trinajstić information content (AvgIpc) is 2.81. The maximum absolute atomic E-state index is 11.7. The van der Waals surface area contributed by atoms with E-state index >= 15 is 0 Å². The minimum atomic E-state index is -0.250. The number of nitrogens with zero attached hydrogens (tertiary/aromatic N) is 1. The smallest absolute Gasteiger partial charge is 0.338 e. The van der Waals surface area contributed by atoms with E-state index in [4.69, 9.17) is 10.5 Å². The molecule has 2 N–H and O–H groups in total. The molecule has 0 aromatic heterocycles. The van der Waals surface area contributed by atoms with Crippen molar-refractivity contribution in [1.29, 1.82) is 0 Å². The first-order valence-corrected chi connectivity index (χ1v) is 6.48. The van der Waals surface area contributed by atoms with Gasteiger partial charge in [0.05, 0.1) is 12.2 Å². The van der Waals surface area contributed by atoms with E-state index in [1.165, 1.54) is 0 Å². The molecule has 1 saturated carbocycles. The SMILES string of the molecule is CCOC(=O)c1cccc(N2C[C@@H]3[C@@H](N)[C@@H]3C2)c1. The molecule has 3 rings (SSSR count). The van der Waals surface area contributed by atoms with Gasteiger partial charge in [-0.25, -0.2) is 4.79 Å². The topological polar surface area (TPSA) is 55.6 Å². The van der Waals surface area contributed by atoms with Gasteiger partial charge in [-0.05, 0) is 37.0 Å². The summed E-state index contributed by atoms with van der Waals surface area (Å²) in [5.74, 6) is 1.05. The summed E-state index contributed by atoms with van der Waals surface area (Å²) in [5.41, 5.74) is 7.65. The molecule has 1 aliphatic carbocycles. The Bertz CT molecular complexity index is 463. The molecule has 2 fully saturated rings. The molecule has 1 heterocycles. The second kappa shape index (κ2) is 4.28. The van der Waals surface area contributed by atoms with E-state index in [1.807, 2.05) is 25.1 Å². The second-order valence-corrected chi connectivity index (χ2v) is 5.08. The number of hydrogen-bond donors (Lipinski definition) is 1. The first-order valence-electron chi connectivity index (χ1n) is 6.48. The van der Waals surface area contributed by atoms with E-state index in [2.05, 4.69) is 4.90 Å². The molecule has 0 spiro atoms. The number of nitrogens with two attached hydrogens (primary N) is 1. The number of esters is 1. The number of carbonyl (C=O) groups is 1. The lowest BCUT2D eigenvalue weighted by atomic mass is 10.2. The molecule has 0 unspecified atom stereocenters. The number of hydrogen-bond acceptors (Lipinski definition) is 4. The molecule has 96 valence electrons. The van der Waals surface area contributed by atoms with E-state index in [9.17, 15) is 4.79 Å². The zero-order chi connectivity index (χ0) is 12.7. The number of benzene rings is 1. The standard InChI is InChI=1S/C14H18N2O2/c1-2-18-14(17)9-4-3-5-10(6-9)16-7-11-12(8-16)13(11)15/h3-6,11-13H,2,7-8,15H2,1H3/t11-,12+,13+. The van der Waals surface area contributed by atoms with Crippen LogP contribution in [0.25, 0.3) is 0 Å². The highest BCUT2D eigenvalue weighted by atomic mass is 16.5. The lowest BCUT2D eigenvalue weighted by Crippen LogP contribution is -2.28. The highest BCUT2D eigenvalue weighted by molar-refractivity contribution is 5.90. The molecule has 1 aromatic carbocycles. The van der Waals surface area contributed by atoms with E-state index < -0.39 is 0 Å². The van der Waals surface area contributed by atoms with E-state index in [0.717, 1.165) is 18.8 Å². The predicted molar refractivity (Wildman–Crippen MR) is 69.6 cm³/mol. The normalized spacial score (nSPS) is 29.0. The molecular formula is C14H18N2O2. The Balaban J connectivity index is 1.74. The molecule has 1 aromatic rings. The van der Waals surface area contributed by atoms with Crippen molar-refractivity contribution in [3.8, 4) is 0 Å². The van der Waals surface area contributed by atoms with Crippen LogP contribution in [0, 0.1) is 11.8 Å². The molecule has 18 heavy (non-hydrogen) atoms. The van der Waals surface area contributed by atoms with E-state index in [0.29, 0.717) is 30.0 Å². The summed E-state index contributed by atoms with van der Waals surface area (Å²) in [7, 11) is 0. The maximum Gasteiger partial charge on any atom is 0.338 e. The summed E-state index contributed by atoms with van der Waals surface area (Å²) in [4.78, 5) is 14.0. The Morgan fingerprint density at radius 2 is 2.17 bits per heavy atom. The van der Waals surface area contributed by atoms with Crippen molar-refractivity contribution in [1.82, 2.24) is 0 Å². The zero-order valence-corrected chi connectivity index (χ0v) is 10.5. The largest absolute Gasteiger partial charge is 0.462 e. The van der Waals surface area contributed by atoms with Crippen LogP contribution in [-0.4, -0.2) is 31.7 Å². The van der Waals surface area contributed by atoms with Gasteiger partial charge in [0.15, 0.2) is 0 Å². The van der Waals surface area contributed by atoms with Crippen molar-refractivity contribution < 1.29 is 9.53 Å². The fourth-order valence-corrected chi connectivity index (χ4v) is 2.83. The summed E-state index contributed by atoms with van der Waals surface area (Å²) in [6, 6.07) is 8.05. The fourth-order valence-electron chi connectivity index (χ4n) is 2.83. The lowest BCUT2D eigenvalue weighted by molar-refractivity contribution is 0.0526. The summed E-state index contributed by atoms with van der Waals surface area (Å²) in [6.07, 6.45) is 0. The number of carbonyl (C=O) groups excluding carboxylic acids is 1. The van der Waals surface area contributed by atoms with Gasteiger partial charge in [-0.15, -0.1) is 0 Å². The van der Waals surface area contributed by atoms with Crippen LogP contribution in [0.3, 0.4) is 0 Å². The molecule has 2 aliphatic rings. The second-order valence-electron chi connectivity index (χ2n) is 5.08. The van der Waals surface area contributed by atoms with Crippen molar-refractivity contribution in [2.75, 3.05) is 24.6 Å². The van der Waals surface area contributed by atoms with Crippen molar-refractivity contribution >= 4 is 11.7 Å². The predicted octanol–water partition coefficient (Wildman–Crippen LogP) is 1.26. The van der Waals surface area contributed by atoms with Crippen LogP contribution in [0.5, 0.6) is 0 Å². The third-order valence-corrected chi connectivity index (χ3v) is 3.98. The lowest BCUT2D eigenvalue weighted by Gasteiger charge is -2.21. The molecule has 1 aliphatic heterocycles. The van der Waals surface area contributed by atoms with Gasteiger partial charge in [0, 0.05) is 24.8 Å². The Kier molecular flexibility index (Phi) is 2.74. The summed E-state index contributed by atoms with van der Waals surface area (Å²) in [6.45, 7) is 4.25. The first-order chi connectivity index (χ1) is 8.70. The van der Waals surface area contributed by atoms with Gasteiger partial charge in [-0.3, -0.25) is 0 Å². The van der Waals surface area contributed by atoms with E-state index in [1.54, 1.807) is 6.07 Å². The number of fused-ring (bicyclic) bond motifs is 1. The molecule has 1 saturated heterocycles. The average molecular weight is 246 g/mol. The minimum Gasteiger partial charge on any atom is -0.462 e. The monoisotopic (exact) mass is 246 g/mol. The summed E-state index contributed by atoms with van der Waals surface area (Å²) >= 11 is 0. The molecule has 3 atom stereocenters. The molecule has 0 amide bonds. The van der Waals surface area contributed by atoms with Gasteiger partial charge in [0.25, 0.3) is 0 Å². The Morgan fingerprint density at radius 1 is 1.44 bits per heavy atom. The number of piperidine rings is 1. The van der Waals surface area contributed by atoms with Gasteiger partial charge in [0.1, 0.15) is 0 Å². The Morgan fingerprint density at radius 3 is 2.83 bits per heavy atom. The van der Waals surface area contributed by atoms with Crippen LogP contribution in [0.15, 0.2) is 24.3 Å². The van der Waals surface area contributed by atoms with Crippen LogP contribution in [0.1, 0.15) is 17.3 Å². The van der Waals surface area contributed by atoms with Gasteiger partial charge in [-0.1, -0.05) is 6.07 Å². The Labute approximate surface area is 107 Å². The van der Waals surface area contributed by atoms with Gasteiger partial charge >= 0.3 is 5.97 Å². The molecule has 0 bridgehead atoms. The van der Waals surface area contributed by atoms with Crippen LogP contribution < -0.4 is 10.6 Å². The highest BCUT2D eigenvalue weighted by Crippen LogP contribution is 2.45. The van der Waals surface area contributed by atoms with Gasteiger partial charge < -0.3 is 15.4 Å². The summed E-state index contributed by atoms with van der Waals surface area (Å²) in [5, 5.41) is 0. The molecule has 0 radical (unpaired) electrons. The van der Waals surface area contributed by atoms with Crippen LogP contribution in [-0.2, 0) is 4.74 Å². The van der Waals surface area contributed by atoms with Crippen molar-refractivity contribution in [2.45, 2.75) is 13.0 Å². The molecular weight excluding hydrogens is 228 g/mol. The summed E-state index contributed by atoms with van der Waals surface area (Å²) < 4.78 is 5.02.